The zero-order valence-corrected chi connectivity index (χ0v) is 13.5. The minimum Gasteiger partial charge on any atom is -0.266 e. The van der Waals surface area contributed by atoms with Gasteiger partial charge in [-0.25, -0.2) is 0 Å². The van der Waals surface area contributed by atoms with E-state index in [0.29, 0.717) is 20.9 Å². The molecule has 122 valence electrons. The van der Waals surface area contributed by atoms with Crippen molar-refractivity contribution in [1.82, 2.24) is 14.6 Å². The van der Waals surface area contributed by atoms with Gasteiger partial charge in [-0.1, -0.05) is 53.8 Å². The lowest BCUT2D eigenvalue weighted by Crippen LogP contribution is -2.23. The van der Waals surface area contributed by atoms with E-state index in [1.165, 1.54) is 28.0 Å². The zero-order valence-electron chi connectivity index (χ0n) is 12.7. The van der Waals surface area contributed by atoms with E-state index in [-0.39, 0.29) is 11.2 Å². The molecule has 7 nitrogen and oxygen atoms in total. The van der Waals surface area contributed by atoms with Crippen LogP contribution in [0.3, 0.4) is 0 Å². The Morgan fingerprint density at radius 1 is 1.12 bits per heavy atom. The van der Waals surface area contributed by atoms with Gasteiger partial charge in [0, 0.05) is 17.7 Å². The molecule has 0 unspecified atom stereocenters. The van der Waals surface area contributed by atoms with E-state index in [0.717, 1.165) is 5.56 Å². The van der Waals surface area contributed by atoms with Gasteiger partial charge in [-0.2, -0.15) is 9.50 Å². The van der Waals surface area contributed by atoms with Crippen molar-refractivity contribution >= 4 is 28.1 Å². The number of hydrogen-bond acceptors (Lipinski definition) is 6. The van der Waals surface area contributed by atoms with Gasteiger partial charge in [0.05, 0.1) is 9.46 Å². The molecule has 0 amide bonds. The molecule has 4 rings (SSSR count). The summed E-state index contributed by atoms with van der Waals surface area (Å²) >= 11 is 1.20. The summed E-state index contributed by atoms with van der Waals surface area (Å²) in [5, 5.41) is 15.1. The molecule has 0 spiro atoms. The Kier molecular flexibility index (Phi) is 3.58. The molecular weight excluding hydrogens is 340 g/mol. The third kappa shape index (κ3) is 2.79. The molecule has 0 saturated carbocycles. The average molecular weight is 350 g/mol. The first-order valence-corrected chi connectivity index (χ1v) is 8.15. The maximum atomic E-state index is 12.5. The Hall–Kier alpha value is -3.39. The molecular formula is C17H10N4O3S. The van der Waals surface area contributed by atoms with Crippen LogP contribution in [-0.2, 0) is 0 Å². The van der Waals surface area contributed by atoms with Gasteiger partial charge in [-0.3, -0.25) is 14.9 Å². The fourth-order valence-electron chi connectivity index (χ4n) is 2.42. The fraction of sp³-hybridized carbons (Fsp3) is 0. The smallest absolute Gasteiger partial charge is 0.266 e. The second-order valence-corrected chi connectivity index (χ2v) is 6.27. The second kappa shape index (κ2) is 5.91. The third-order valence-electron chi connectivity index (χ3n) is 3.59. The molecule has 0 saturated heterocycles. The predicted molar refractivity (Wildman–Crippen MR) is 94.5 cm³/mol. The standard InChI is InChI=1S/C17H10N4O3S/c22-16-14(10-11-5-4-8-13(9-11)21(23)24)25-17-18-15(19-20(16)17)12-6-2-1-3-7-12/h1-10H/b14-10-. The molecule has 0 radical (unpaired) electrons. The molecule has 2 aromatic carbocycles. The van der Waals surface area contributed by atoms with Gasteiger partial charge in [0.25, 0.3) is 11.2 Å². The SMILES string of the molecule is O=c1/c(=C/c2cccc([N+](=O)[O-])c2)sc2nc(-c3ccccc3)nn12. The minimum atomic E-state index is -0.468. The number of hydrogen-bond donors (Lipinski definition) is 0. The quantitative estimate of drug-likeness (QED) is 0.418. The summed E-state index contributed by atoms with van der Waals surface area (Å²) < 4.78 is 1.69. The van der Waals surface area contributed by atoms with Crippen molar-refractivity contribution in [2.45, 2.75) is 0 Å². The topological polar surface area (TPSA) is 90.4 Å². The number of nitro benzene ring substituents is 1. The summed E-state index contributed by atoms with van der Waals surface area (Å²) in [5.41, 5.74) is 1.11. The normalized spacial score (nSPS) is 11.9. The molecule has 0 N–H and O–H groups in total. The van der Waals surface area contributed by atoms with Crippen molar-refractivity contribution in [2.75, 3.05) is 0 Å². The van der Waals surface area contributed by atoms with Gasteiger partial charge in [0.1, 0.15) is 0 Å². The highest BCUT2D eigenvalue weighted by Crippen LogP contribution is 2.16. The summed E-state index contributed by atoms with van der Waals surface area (Å²) in [6.07, 6.45) is 1.61. The van der Waals surface area contributed by atoms with Crippen molar-refractivity contribution in [3.8, 4) is 11.4 Å². The van der Waals surface area contributed by atoms with Crippen LogP contribution in [0.5, 0.6) is 0 Å². The first-order chi connectivity index (χ1) is 12.1. The van der Waals surface area contributed by atoms with Crippen molar-refractivity contribution in [3.05, 3.63) is 85.2 Å². The van der Waals surface area contributed by atoms with Crippen molar-refractivity contribution < 1.29 is 4.92 Å². The molecule has 25 heavy (non-hydrogen) atoms. The van der Waals surface area contributed by atoms with Crippen molar-refractivity contribution in [3.63, 3.8) is 0 Å². The summed E-state index contributed by atoms with van der Waals surface area (Å²) in [6, 6.07) is 15.5. The third-order valence-corrected chi connectivity index (χ3v) is 4.55. The summed E-state index contributed by atoms with van der Waals surface area (Å²) in [5.74, 6) is 0.492. The largest absolute Gasteiger partial charge is 0.291 e. The molecule has 0 fully saturated rings. The number of aromatic nitrogens is 3. The molecule has 2 heterocycles. The molecule has 0 bridgehead atoms. The van der Waals surface area contributed by atoms with Crippen LogP contribution in [-0.4, -0.2) is 19.5 Å². The number of benzene rings is 2. The predicted octanol–water partition coefficient (Wildman–Crippen LogP) is 2.27. The van der Waals surface area contributed by atoms with Gasteiger partial charge in [-0.15, -0.1) is 5.10 Å². The Morgan fingerprint density at radius 2 is 1.92 bits per heavy atom. The summed E-state index contributed by atoms with van der Waals surface area (Å²) in [6.45, 7) is 0. The van der Waals surface area contributed by atoms with Gasteiger partial charge < -0.3 is 0 Å². The van der Waals surface area contributed by atoms with Crippen LogP contribution in [0.1, 0.15) is 5.56 Å². The Bertz CT molecular complexity index is 1200. The number of thiazole rings is 1. The van der Waals surface area contributed by atoms with Crippen LogP contribution < -0.4 is 10.1 Å². The van der Waals surface area contributed by atoms with E-state index in [1.54, 1.807) is 18.2 Å². The highest BCUT2D eigenvalue weighted by molar-refractivity contribution is 7.15. The fourth-order valence-corrected chi connectivity index (χ4v) is 3.33. The van der Waals surface area contributed by atoms with Crippen LogP contribution in [0.4, 0.5) is 5.69 Å². The van der Waals surface area contributed by atoms with Crippen LogP contribution in [0.25, 0.3) is 22.4 Å². The molecule has 4 aromatic rings. The maximum absolute atomic E-state index is 12.5. The van der Waals surface area contributed by atoms with Crippen molar-refractivity contribution in [2.24, 2.45) is 0 Å². The Morgan fingerprint density at radius 3 is 2.64 bits per heavy atom. The molecule has 8 heteroatoms. The van der Waals surface area contributed by atoms with Gasteiger partial charge in [0.15, 0.2) is 5.82 Å². The lowest BCUT2D eigenvalue weighted by Gasteiger charge is -1.93. The lowest BCUT2D eigenvalue weighted by atomic mass is 10.2. The van der Waals surface area contributed by atoms with E-state index in [2.05, 4.69) is 10.1 Å². The lowest BCUT2D eigenvalue weighted by molar-refractivity contribution is -0.384. The maximum Gasteiger partial charge on any atom is 0.291 e. The van der Waals surface area contributed by atoms with Crippen LogP contribution >= 0.6 is 11.3 Å². The molecule has 0 aliphatic heterocycles. The van der Waals surface area contributed by atoms with E-state index < -0.39 is 4.92 Å². The molecule has 0 aliphatic rings. The number of rotatable bonds is 3. The number of non-ortho nitro benzene ring substituents is 1. The number of fused-ring (bicyclic) bond motifs is 1. The van der Waals surface area contributed by atoms with Crippen LogP contribution in [0.15, 0.2) is 59.4 Å². The number of nitro groups is 1. The monoisotopic (exact) mass is 350 g/mol. The van der Waals surface area contributed by atoms with Gasteiger partial charge >= 0.3 is 0 Å². The second-order valence-electron chi connectivity index (χ2n) is 5.26. The van der Waals surface area contributed by atoms with E-state index >= 15 is 0 Å². The average Bonchev–Trinajstić information content (AvgIpc) is 3.16. The highest BCUT2D eigenvalue weighted by Gasteiger charge is 2.12. The van der Waals surface area contributed by atoms with Crippen LogP contribution in [0, 0.1) is 10.1 Å². The summed E-state index contributed by atoms with van der Waals surface area (Å²) in [7, 11) is 0. The number of nitrogens with zero attached hydrogens (tertiary/aromatic N) is 4. The first-order valence-electron chi connectivity index (χ1n) is 7.33. The minimum absolute atomic E-state index is 0.0213. The van der Waals surface area contributed by atoms with E-state index in [1.807, 2.05) is 30.3 Å². The highest BCUT2D eigenvalue weighted by atomic mass is 32.1. The molecule has 2 aromatic heterocycles. The van der Waals surface area contributed by atoms with E-state index in [9.17, 15) is 14.9 Å². The zero-order chi connectivity index (χ0) is 17.4. The first kappa shape index (κ1) is 15.2. The van der Waals surface area contributed by atoms with E-state index in [4.69, 9.17) is 0 Å². The van der Waals surface area contributed by atoms with Crippen LogP contribution in [0.2, 0.25) is 0 Å². The van der Waals surface area contributed by atoms with Gasteiger partial charge in [0.2, 0.25) is 4.96 Å². The Labute approximate surface area is 144 Å². The van der Waals surface area contributed by atoms with Crippen molar-refractivity contribution in [1.29, 1.82) is 0 Å². The molecule has 0 aliphatic carbocycles. The van der Waals surface area contributed by atoms with Gasteiger partial charge in [-0.05, 0) is 11.6 Å². The Balaban J connectivity index is 1.81. The molecule has 0 atom stereocenters. The summed E-state index contributed by atoms with van der Waals surface area (Å²) in [4.78, 5) is 27.8.